The first-order valence-corrected chi connectivity index (χ1v) is 7.70. The van der Waals surface area contributed by atoms with Crippen molar-refractivity contribution in [3.63, 3.8) is 0 Å². The van der Waals surface area contributed by atoms with Gasteiger partial charge in [0.25, 0.3) is 5.91 Å². The molecule has 2 rings (SSSR count). The summed E-state index contributed by atoms with van der Waals surface area (Å²) in [6, 6.07) is 13.9. The van der Waals surface area contributed by atoms with Crippen LogP contribution < -0.4 is 5.32 Å². The van der Waals surface area contributed by atoms with Crippen LogP contribution in [0.25, 0.3) is 0 Å². The van der Waals surface area contributed by atoms with Crippen LogP contribution in [0.5, 0.6) is 0 Å². The highest BCUT2D eigenvalue weighted by atomic mass is 35.5. The van der Waals surface area contributed by atoms with E-state index in [1.54, 1.807) is 12.1 Å². The molecule has 1 atom stereocenters. The molecule has 0 aromatic heterocycles. The minimum atomic E-state index is -0.943. The van der Waals surface area contributed by atoms with Crippen LogP contribution in [-0.4, -0.2) is 18.0 Å². The Morgan fingerprint density at radius 1 is 1.13 bits per heavy atom. The molecule has 0 spiro atoms. The third-order valence-electron chi connectivity index (χ3n) is 3.06. The number of rotatable bonds is 5. The fourth-order valence-corrected chi connectivity index (χ4v) is 2.22. The molecular weight excluding hydrogens is 337 g/mol. The summed E-state index contributed by atoms with van der Waals surface area (Å²) in [6.45, 7) is 1.50. The van der Waals surface area contributed by atoms with Crippen molar-refractivity contribution in [1.82, 2.24) is 0 Å². The molecule has 0 aliphatic rings. The summed E-state index contributed by atoms with van der Waals surface area (Å²) in [5, 5.41) is 3.38. The van der Waals surface area contributed by atoms with E-state index in [4.69, 9.17) is 27.9 Å². The van der Waals surface area contributed by atoms with Crippen LogP contribution in [-0.2, 0) is 20.7 Å². The number of benzene rings is 2. The first-order valence-electron chi connectivity index (χ1n) is 6.95. The van der Waals surface area contributed by atoms with Crippen molar-refractivity contribution in [2.75, 3.05) is 5.32 Å². The molecule has 1 amide bonds. The van der Waals surface area contributed by atoms with Gasteiger partial charge < -0.3 is 10.1 Å². The molecule has 0 saturated carbocycles. The number of anilines is 1. The molecule has 1 unspecified atom stereocenters. The molecule has 2 aromatic rings. The van der Waals surface area contributed by atoms with E-state index in [0.717, 1.165) is 5.56 Å². The molecule has 4 nitrogen and oxygen atoms in total. The van der Waals surface area contributed by atoms with Gasteiger partial charge in [0.1, 0.15) is 0 Å². The number of carbonyl (C=O) groups is 2. The van der Waals surface area contributed by atoms with E-state index in [-0.39, 0.29) is 6.42 Å². The highest BCUT2D eigenvalue weighted by molar-refractivity contribution is 6.35. The maximum atomic E-state index is 12.1. The average Bonchev–Trinajstić information content (AvgIpc) is 2.51. The van der Waals surface area contributed by atoms with E-state index in [9.17, 15) is 9.59 Å². The van der Waals surface area contributed by atoms with Crippen LogP contribution in [0.1, 0.15) is 12.5 Å². The number of ether oxygens (including phenoxy) is 1. The lowest BCUT2D eigenvalue weighted by molar-refractivity contribution is -0.152. The van der Waals surface area contributed by atoms with Gasteiger partial charge in [-0.25, -0.2) is 0 Å². The van der Waals surface area contributed by atoms with Crippen molar-refractivity contribution in [3.8, 4) is 0 Å². The predicted molar refractivity (Wildman–Crippen MR) is 90.8 cm³/mol. The summed E-state index contributed by atoms with van der Waals surface area (Å²) in [4.78, 5) is 23.9. The summed E-state index contributed by atoms with van der Waals surface area (Å²) < 4.78 is 5.13. The zero-order chi connectivity index (χ0) is 16.8. The minimum Gasteiger partial charge on any atom is -0.452 e. The smallest absolute Gasteiger partial charge is 0.311 e. The molecule has 0 bridgehead atoms. The standard InChI is InChI=1S/C17H15Cl2NO3/c1-11(23-16(21)9-12-5-3-2-4-6-12)17(22)20-15-10-13(18)7-8-14(15)19/h2-8,10-11H,9H2,1H3,(H,20,22). The molecule has 0 heterocycles. The largest absolute Gasteiger partial charge is 0.452 e. The molecule has 0 aliphatic heterocycles. The Morgan fingerprint density at radius 3 is 2.52 bits per heavy atom. The molecule has 0 aliphatic carbocycles. The molecule has 120 valence electrons. The molecule has 1 N–H and O–H groups in total. The van der Waals surface area contributed by atoms with Gasteiger partial charge in [-0.15, -0.1) is 0 Å². The van der Waals surface area contributed by atoms with E-state index >= 15 is 0 Å². The number of nitrogens with one attached hydrogen (secondary N) is 1. The SMILES string of the molecule is CC(OC(=O)Cc1ccccc1)C(=O)Nc1cc(Cl)ccc1Cl. The van der Waals surface area contributed by atoms with Gasteiger partial charge in [-0.1, -0.05) is 53.5 Å². The maximum Gasteiger partial charge on any atom is 0.311 e. The second kappa shape index (κ2) is 7.99. The van der Waals surface area contributed by atoms with Gasteiger partial charge in [0.05, 0.1) is 17.1 Å². The van der Waals surface area contributed by atoms with E-state index < -0.39 is 18.0 Å². The zero-order valence-corrected chi connectivity index (χ0v) is 13.9. The van der Waals surface area contributed by atoms with E-state index in [1.165, 1.54) is 13.0 Å². The quantitative estimate of drug-likeness (QED) is 0.824. The highest BCUT2D eigenvalue weighted by Crippen LogP contribution is 2.25. The second-order valence-electron chi connectivity index (χ2n) is 4.91. The Kier molecular flexibility index (Phi) is 6.02. The molecule has 0 radical (unpaired) electrons. The molecule has 6 heteroatoms. The Morgan fingerprint density at radius 2 is 1.83 bits per heavy atom. The van der Waals surface area contributed by atoms with Crippen molar-refractivity contribution in [2.45, 2.75) is 19.4 Å². The summed E-state index contributed by atoms with van der Waals surface area (Å²) in [6.07, 6.45) is -0.836. The van der Waals surface area contributed by atoms with Crippen molar-refractivity contribution in [2.24, 2.45) is 0 Å². The second-order valence-corrected chi connectivity index (χ2v) is 5.75. The first-order chi connectivity index (χ1) is 11.0. The van der Waals surface area contributed by atoms with Crippen molar-refractivity contribution >= 4 is 40.8 Å². The van der Waals surface area contributed by atoms with Crippen LogP contribution in [0.3, 0.4) is 0 Å². The number of esters is 1. The Hall–Kier alpha value is -2.04. The topological polar surface area (TPSA) is 55.4 Å². The van der Waals surface area contributed by atoms with E-state index in [1.807, 2.05) is 30.3 Å². The van der Waals surface area contributed by atoms with Crippen LogP contribution in [0.15, 0.2) is 48.5 Å². The lowest BCUT2D eigenvalue weighted by atomic mass is 10.1. The monoisotopic (exact) mass is 351 g/mol. The van der Waals surface area contributed by atoms with Gasteiger partial charge >= 0.3 is 5.97 Å². The van der Waals surface area contributed by atoms with Crippen LogP contribution >= 0.6 is 23.2 Å². The third-order valence-corrected chi connectivity index (χ3v) is 3.62. The fraction of sp³-hybridized carbons (Fsp3) is 0.176. The minimum absolute atomic E-state index is 0.108. The Balaban J connectivity index is 1.92. The summed E-state index contributed by atoms with van der Waals surface area (Å²) in [5.74, 6) is -0.952. The normalized spacial score (nSPS) is 11.6. The number of hydrogen-bond acceptors (Lipinski definition) is 3. The zero-order valence-electron chi connectivity index (χ0n) is 12.4. The summed E-state index contributed by atoms with van der Waals surface area (Å²) in [7, 11) is 0. The maximum absolute atomic E-state index is 12.1. The number of halogens is 2. The van der Waals surface area contributed by atoms with Gasteiger partial charge in [-0.3, -0.25) is 9.59 Å². The van der Waals surface area contributed by atoms with Gasteiger partial charge in [0.2, 0.25) is 0 Å². The number of hydrogen-bond donors (Lipinski definition) is 1. The molecule has 23 heavy (non-hydrogen) atoms. The fourth-order valence-electron chi connectivity index (χ4n) is 1.88. The Labute approximate surface area is 144 Å². The van der Waals surface area contributed by atoms with Crippen molar-refractivity contribution in [1.29, 1.82) is 0 Å². The number of amides is 1. The van der Waals surface area contributed by atoms with Crippen LogP contribution in [0, 0.1) is 0 Å². The van der Waals surface area contributed by atoms with Crippen LogP contribution in [0.2, 0.25) is 10.0 Å². The van der Waals surface area contributed by atoms with E-state index in [0.29, 0.717) is 15.7 Å². The third kappa shape index (κ3) is 5.27. The average molecular weight is 352 g/mol. The molecule has 2 aromatic carbocycles. The Bertz CT molecular complexity index is 704. The lowest BCUT2D eigenvalue weighted by Crippen LogP contribution is -2.30. The van der Waals surface area contributed by atoms with Crippen molar-refractivity contribution < 1.29 is 14.3 Å². The molecule has 0 saturated heterocycles. The predicted octanol–water partition coefficient (Wildman–Crippen LogP) is 4.11. The van der Waals surface area contributed by atoms with Gasteiger partial charge in [-0.05, 0) is 30.7 Å². The van der Waals surface area contributed by atoms with Crippen LogP contribution in [0.4, 0.5) is 5.69 Å². The van der Waals surface area contributed by atoms with Gasteiger partial charge in [0.15, 0.2) is 6.10 Å². The highest BCUT2D eigenvalue weighted by Gasteiger charge is 2.19. The first kappa shape index (κ1) is 17.3. The summed E-state index contributed by atoms with van der Waals surface area (Å²) in [5.41, 5.74) is 1.19. The van der Waals surface area contributed by atoms with Gasteiger partial charge in [0, 0.05) is 5.02 Å². The lowest BCUT2D eigenvalue weighted by Gasteiger charge is -2.14. The van der Waals surface area contributed by atoms with Crippen molar-refractivity contribution in [3.05, 3.63) is 64.1 Å². The summed E-state index contributed by atoms with van der Waals surface area (Å²) >= 11 is 11.8. The molecular formula is C17H15Cl2NO3. The number of carbonyl (C=O) groups excluding carboxylic acids is 2. The van der Waals surface area contributed by atoms with E-state index in [2.05, 4.69) is 5.32 Å². The molecule has 0 fully saturated rings. The van der Waals surface area contributed by atoms with Gasteiger partial charge in [-0.2, -0.15) is 0 Å².